The largest absolute Gasteiger partial charge is 0.396 e. The topological polar surface area (TPSA) is 61.4 Å². The third-order valence-electron chi connectivity index (χ3n) is 4.18. The first kappa shape index (κ1) is 18.9. The van der Waals surface area contributed by atoms with Crippen LogP contribution in [0.1, 0.15) is 38.2 Å². The third-order valence-corrected chi connectivity index (χ3v) is 4.18. The monoisotopic (exact) mass is 326 g/mol. The van der Waals surface area contributed by atoms with Crippen LogP contribution in [0, 0.1) is 5.41 Å². The molecule has 1 amide bonds. The molecule has 1 aromatic carbocycles. The molecule has 2 rings (SSSR count). The summed E-state index contributed by atoms with van der Waals surface area (Å²) in [7, 11) is 0. The highest BCUT2D eigenvalue weighted by atomic mass is 35.5. The van der Waals surface area contributed by atoms with E-state index in [0.717, 1.165) is 5.56 Å². The number of nitrogens with one attached hydrogen (secondary N) is 2. The van der Waals surface area contributed by atoms with Gasteiger partial charge in [-0.25, -0.2) is 0 Å². The van der Waals surface area contributed by atoms with E-state index in [0.29, 0.717) is 19.1 Å². The zero-order valence-corrected chi connectivity index (χ0v) is 14.2. The number of amides is 1. The second kappa shape index (κ2) is 8.51. The van der Waals surface area contributed by atoms with Gasteiger partial charge in [-0.3, -0.25) is 4.79 Å². The summed E-state index contributed by atoms with van der Waals surface area (Å²) >= 11 is 0. The predicted octanol–water partition coefficient (Wildman–Crippen LogP) is 2.08. The fraction of sp³-hybridized carbons (Fsp3) is 0.588. The average molecular weight is 327 g/mol. The first-order chi connectivity index (χ1) is 10.0. The van der Waals surface area contributed by atoms with Gasteiger partial charge in [-0.05, 0) is 23.8 Å². The van der Waals surface area contributed by atoms with E-state index in [9.17, 15) is 9.90 Å². The number of hydrogen-bond donors (Lipinski definition) is 3. The Bertz CT molecular complexity index is 461. The van der Waals surface area contributed by atoms with Gasteiger partial charge in [0.15, 0.2) is 0 Å². The van der Waals surface area contributed by atoms with Gasteiger partial charge in [0.05, 0.1) is 6.54 Å². The Labute approximate surface area is 139 Å². The molecule has 0 spiro atoms. The lowest BCUT2D eigenvalue weighted by Crippen LogP contribution is -2.40. The number of carbonyl (C=O) groups is 1. The summed E-state index contributed by atoms with van der Waals surface area (Å²) in [4.78, 5) is 11.9. The molecular formula is C17H27ClN2O2. The van der Waals surface area contributed by atoms with Crippen LogP contribution in [-0.4, -0.2) is 36.8 Å². The molecule has 1 fully saturated rings. The van der Waals surface area contributed by atoms with Crippen molar-refractivity contribution in [3.05, 3.63) is 35.9 Å². The van der Waals surface area contributed by atoms with Crippen LogP contribution in [0.4, 0.5) is 0 Å². The summed E-state index contributed by atoms with van der Waals surface area (Å²) in [5, 5.41) is 15.9. The smallest absolute Gasteiger partial charge is 0.233 e. The SMILES string of the molecule is CC(C)(CO)C(CNC(=O)CNC1CC1)c1ccccc1.Cl. The molecule has 1 aliphatic rings. The van der Waals surface area contributed by atoms with Gasteiger partial charge in [0.1, 0.15) is 0 Å². The van der Waals surface area contributed by atoms with E-state index in [1.807, 2.05) is 32.0 Å². The minimum absolute atomic E-state index is 0. The Morgan fingerprint density at radius 3 is 2.50 bits per heavy atom. The molecule has 4 nitrogen and oxygen atoms in total. The van der Waals surface area contributed by atoms with E-state index in [2.05, 4.69) is 22.8 Å². The molecule has 0 aliphatic heterocycles. The van der Waals surface area contributed by atoms with Crippen LogP contribution in [0.15, 0.2) is 30.3 Å². The van der Waals surface area contributed by atoms with E-state index in [4.69, 9.17) is 0 Å². The van der Waals surface area contributed by atoms with Crippen LogP contribution in [0.2, 0.25) is 0 Å². The molecular weight excluding hydrogens is 300 g/mol. The maximum absolute atomic E-state index is 11.9. The number of rotatable bonds is 8. The molecule has 22 heavy (non-hydrogen) atoms. The third kappa shape index (κ3) is 5.59. The molecule has 0 aromatic heterocycles. The van der Waals surface area contributed by atoms with Crippen LogP contribution in [0.5, 0.6) is 0 Å². The van der Waals surface area contributed by atoms with Crippen molar-refractivity contribution in [2.45, 2.75) is 38.6 Å². The highest BCUT2D eigenvalue weighted by Crippen LogP contribution is 2.34. The van der Waals surface area contributed by atoms with Crippen molar-refractivity contribution in [1.29, 1.82) is 0 Å². The van der Waals surface area contributed by atoms with Gasteiger partial charge in [-0.1, -0.05) is 44.2 Å². The molecule has 124 valence electrons. The van der Waals surface area contributed by atoms with Gasteiger partial charge in [0, 0.05) is 25.1 Å². The average Bonchev–Trinajstić information content (AvgIpc) is 3.30. The van der Waals surface area contributed by atoms with Crippen LogP contribution in [0.25, 0.3) is 0 Å². The Kier molecular flexibility index (Phi) is 7.33. The summed E-state index contributed by atoms with van der Waals surface area (Å²) in [5.41, 5.74) is 0.866. The van der Waals surface area contributed by atoms with Crippen molar-refractivity contribution in [2.24, 2.45) is 5.41 Å². The Morgan fingerprint density at radius 2 is 1.95 bits per heavy atom. The van der Waals surface area contributed by atoms with Crippen LogP contribution in [0.3, 0.4) is 0 Å². The lowest BCUT2D eigenvalue weighted by atomic mass is 9.75. The van der Waals surface area contributed by atoms with E-state index in [1.54, 1.807) is 0 Å². The second-order valence-corrected chi connectivity index (χ2v) is 6.57. The van der Waals surface area contributed by atoms with Crippen LogP contribution >= 0.6 is 12.4 Å². The highest BCUT2D eigenvalue weighted by Gasteiger charge is 2.30. The van der Waals surface area contributed by atoms with Gasteiger partial charge in [-0.15, -0.1) is 12.4 Å². The number of benzene rings is 1. The summed E-state index contributed by atoms with van der Waals surface area (Å²) in [6.45, 7) is 5.07. The molecule has 5 heteroatoms. The van der Waals surface area contributed by atoms with Crippen molar-refractivity contribution in [1.82, 2.24) is 10.6 Å². The van der Waals surface area contributed by atoms with E-state index in [-0.39, 0.29) is 36.3 Å². The van der Waals surface area contributed by atoms with Gasteiger partial charge in [-0.2, -0.15) is 0 Å². The number of halogens is 1. The fourth-order valence-electron chi connectivity index (χ4n) is 2.44. The van der Waals surface area contributed by atoms with Crippen LogP contribution < -0.4 is 10.6 Å². The minimum atomic E-state index is -0.279. The van der Waals surface area contributed by atoms with Crippen molar-refractivity contribution >= 4 is 18.3 Å². The number of aliphatic hydroxyl groups excluding tert-OH is 1. The fourth-order valence-corrected chi connectivity index (χ4v) is 2.44. The first-order valence-electron chi connectivity index (χ1n) is 7.69. The Morgan fingerprint density at radius 1 is 1.32 bits per heavy atom. The number of hydrogen-bond acceptors (Lipinski definition) is 3. The summed E-state index contributed by atoms with van der Waals surface area (Å²) in [6.07, 6.45) is 2.36. The number of aliphatic hydroxyl groups is 1. The van der Waals surface area contributed by atoms with Crippen molar-refractivity contribution in [3.63, 3.8) is 0 Å². The normalized spacial score (nSPS) is 15.8. The molecule has 1 unspecified atom stereocenters. The van der Waals surface area contributed by atoms with E-state index < -0.39 is 0 Å². The quantitative estimate of drug-likeness (QED) is 0.685. The Balaban J connectivity index is 0.00000242. The van der Waals surface area contributed by atoms with Gasteiger partial charge in [0.25, 0.3) is 0 Å². The molecule has 1 aromatic rings. The molecule has 0 bridgehead atoms. The minimum Gasteiger partial charge on any atom is -0.396 e. The van der Waals surface area contributed by atoms with Gasteiger partial charge >= 0.3 is 0 Å². The van der Waals surface area contributed by atoms with Crippen molar-refractivity contribution in [3.8, 4) is 0 Å². The lowest BCUT2D eigenvalue weighted by Gasteiger charge is -2.33. The zero-order valence-electron chi connectivity index (χ0n) is 13.3. The summed E-state index contributed by atoms with van der Waals surface area (Å²) < 4.78 is 0. The number of carbonyl (C=O) groups excluding carboxylic acids is 1. The van der Waals surface area contributed by atoms with Gasteiger partial charge < -0.3 is 15.7 Å². The molecule has 0 radical (unpaired) electrons. The molecule has 0 saturated heterocycles. The summed E-state index contributed by atoms with van der Waals surface area (Å²) in [6, 6.07) is 10.6. The summed E-state index contributed by atoms with van der Waals surface area (Å²) in [5.74, 6) is 0.116. The molecule has 3 N–H and O–H groups in total. The van der Waals surface area contributed by atoms with Crippen LogP contribution in [-0.2, 0) is 4.79 Å². The Hall–Kier alpha value is -1.10. The maximum Gasteiger partial charge on any atom is 0.233 e. The maximum atomic E-state index is 11.9. The van der Waals surface area contributed by atoms with E-state index in [1.165, 1.54) is 12.8 Å². The highest BCUT2D eigenvalue weighted by molar-refractivity contribution is 5.85. The standard InChI is InChI=1S/C17H26N2O2.ClH/c1-17(2,12-20)15(13-6-4-3-5-7-13)10-19-16(21)11-18-14-8-9-14;/h3-7,14-15,18,20H,8-12H2,1-2H3,(H,19,21);1H. The molecule has 0 heterocycles. The molecule has 1 saturated carbocycles. The molecule has 1 atom stereocenters. The van der Waals surface area contributed by atoms with Crippen molar-refractivity contribution in [2.75, 3.05) is 19.7 Å². The van der Waals surface area contributed by atoms with E-state index >= 15 is 0 Å². The molecule has 1 aliphatic carbocycles. The van der Waals surface area contributed by atoms with Crippen molar-refractivity contribution < 1.29 is 9.90 Å². The first-order valence-corrected chi connectivity index (χ1v) is 7.69. The predicted molar refractivity (Wildman–Crippen MR) is 91.3 cm³/mol. The second-order valence-electron chi connectivity index (χ2n) is 6.57. The van der Waals surface area contributed by atoms with Gasteiger partial charge in [0.2, 0.25) is 5.91 Å². The lowest BCUT2D eigenvalue weighted by molar-refractivity contribution is -0.120. The zero-order chi connectivity index (χ0) is 15.3.